The van der Waals surface area contributed by atoms with Crippen molar-refractivity contribution in [2.45, 2.75) is 32.8 Å². The van der Waals surface area contributed by atoms with Gasteiger partial charge < -0.3 is 24.4 Å². The highest BCUT2D eigenvalue weighted by molar-refractivity contribution is 14.0. The molecular weight excluding hydrogens is 469 g/mol. The Bertz CT molecular complexity index is 550. The number of rotatable bonds is 13. The molecule has 7 heteroatoms. The lowest BCUT2D eigenvalue weighted by Crippen LogP contribution is -2.40. The van der Waals surface area contributed by atoms with Gasteiger partial charge in [-0.25, -0.2) is 0 Å². The Morgan fingerprint density at radius 1 is 1.18 bits per heavy atom. The first-order valence-electron chi connectivity index (χ1n) is 10.0. The molecular formula is C21H36IN3O3. The molecule has 28 heavy (non-hydrogen) atoms. The van der Waals surface area contributed by atoms with Crippen LogP contribution in [-0.2, 0) is 16.1 Å². The molecule has 1 aliphatic rings. The molecule has 0 bridgehead atoms. The summed E-state index contributed by atoms with van der Waals surface area (Å²) in [7, 11) is 3.73. The van der Waals surface area contributed by atoms with Crippen LogP contribution in [0.4, 0.5) is 0 Å². The van der Waals surface area contributed by atoms with Gasteiger partial charge in [-0.15, -0.1) is 24.0 Å². The van der Waals surface area contributed by atoms with Crippen LogP contribution < -0.4 is 10.1 Å². The number of hydrogen-bond acceptors (Lipinski definition) is 4. The predicted molar refractivity (Wildman–Crippen MR) is 125 cm³/mol. The average Bonchev–Trinajstić information content (AvgIpc) is 3.51. The molecule has 2 rings (SSSR count). The molecule has 1 aromatic rings. The van der Waals surface area contributed by atoms with Crippen LogP contribution in [0.15, 0.2) is 29.3 Å². The van der Waals surface area contributed by atoms with E-state index in [9.17, 15) is 0 Å². The van der Waals surface area contributed by atoms with Gasteiger partial charge in [0.15, 0.2) is 5.96 Å². The number of guanidine groups is 1. The largest absolute Gasteiger partial charge is 0.497 e. The van der Waals surface area contributed by atoms with Crippen molar-refractivity contribution in [2.75, 3.05) is 53.6 Å². The minimum Gasteiger partial charge on any atom is -0.497 e. The normalized spacial score (nSPS) is 13.8. The minimum atomic E-state index is 0. The van der Waals surface area contributed by atoms with Crippen molar-refractivity contribution < 1.29 is 14.2 Å². The van der Waals surface area contributed by atoms with E-state index < -0.39 is 0 Å². The predicted octanol–water partition coefficient (Wildman–Crippen LogP) is 3.54. The van der Waals surface area contributed by atoms with Gasteiger partial charge in [0.2, 0.25) is 0 Å². The first kappa shape index (κ1) is 25.0. The number of ether oxygens (including phenoxy) is 3. The molecule has 0 spiro atoms. The summed E-state index contributed by atoms with van der Waals surface area (Å²) in [6.45, 7) is 7.53. The molecule has 1 aromatic carbocycles. The zero-order chi connectivity index (χ0) is 19.3. The van der Waals surface area contributed by atoms with Gasteiger partial charge in [0, 0.05) is 39.9 Å². The van der Waals surface area contributed by atoms with Crippen molar-refractivity contribution in [3.63, 3.8) is 0 Å². The van der Waals surface area contributed by atoms with E-state index in [1.807, 2.05) is 24.3 Å². The Labute approximate surface area is 187 Å². The summed E-state index contributed by atoms with van der Waals surface area (Å²) in [4.78, 5) is 6.82. The van der Waals surface area contributed by atoms with Gasteiger partial charge >= 0.3 is 0 Å². The van der Waals surface area contributed by atoms with Crippen LogP contribution in [0.25, 0.3) is 0 Å². The van der Waals surface area contributed by atoms with E-state index in [1.54, 1.807) is 7.11 Å². The van der Waals surface area contributed by atoms with Gasteiger partial charge in [-0.2, -0.15) is 0 Å². The third-order valence-electron chi connectivity index (χ3n) is 4.45. The average molecular weight is 505 g/mol. The van der Waals surface area contributed by atoms with Gasteiger partial charge in [-0.3, -0.25) is 4.99 Å². The molecule has 0 aromatic heterocycles. The molecule has 0 heterocycles. The van der Waals surface area contributed by atoms with Gasteiger partial charge in [0.05, 0.1) is 20.3 Å². The number of hydrogen-bond donors (Lipinski definition) is 1. The lowest BCUT2D eigenvalue weighted by atomic mass is 10.2. The highest BCUT2D eigenvalue weighted by atomic mass is 127. The smallest absolute Gasteiger partial charge is 0.193 e. The molecule has 1 aliphatic carbocycles. The van der Waals surface area contributed by atoms with E-state index in [0.717, 1.165) is 62.5 Å². The van der Waals surface area contributed by atoms with Crippen molar-refractivity contribution in [1.29, 1.82) is 0 Å². The van der Waals surface area contributed by atoms with Gasteiger partial charge in [0.25, 0.3) is 0 Å². The number of halogens is 1. The second-order valence-corrected chi connectivity index (χ2v) is 6.93. The van der Waals surface area contributed by atoms with Crippen molar-refractivity contribution in [3.05, 3.63) is 29.8 Å². The van der Waals surface area contributed by atoms with Crippen LogP contribution in [-0.4, -0.2) is 64.5 Å². The molecule has 0 unspecified atom stereocenters. The summed E-state index contributed by atoms with van der Waals surface area (Å²) in [5.41, 5.74) is 1.15. The fourth-order valence-electron chi connectivity index (χ4n) is 2.57. The number of aliphatic imine (C=N–C) groups is 1. The van der Waals surface area contributed by atoms with Crippen LogP contribution in [0.3, 0.4) is 0 Å². The number of benzene rings is 1. The van der Waals surface area contributed by atoms with Crippen LogP contribution in [0, 0.1) is 5.92 Å². The van der Waals surface area contributed by atoms with E-state index in [1.165, 1.54) is 12.8 Å². The fourth-order valence-corrected chi connectivity index (χ4v) is 2.57. The van der Waals surface area contributed by atoms with Crippen molar-refractivity contribution >= 4 is 29.9 Å². The standard InChI is InChI=1S/C21H35N3O3.HI/c1-4-22-21(24(2)13-15-27-17-18-6-7-18)23-12-5-14-26-16-19-8-10-20(25-3)11-9-19;/h8-11,18H,4-7,12-17H2,1-3H3,(H,22,23);1H. The number of likely N-dealkylation sites (N-methyl/N-ethyl adjacent to an activating group) is 1. The zero-order valence-corrected chi connectivity index (χ0v) is 19.8. The lowest BCUT2D eigenvalue weighted by Gasteiger charge is -2.22. The Kier molecular flexibility index (Phi) is 13.3. The maximum Gasteiger partial charge on any atom is 0.193 e. The zero-order valence-electron chi connectivity index (χ0n) is 17.5. The third kappa shape index (κ3) is 10.5. The van der Waals surface area contributed by atoms with E-state index in [2.05, 4.69) is 29.2 Å². The number of nitrogens with zero attached hydrogens (tertiary/aromatic N) is 2. The van der Waals surface area contributed by atoms with E-state index >= 15 is 0 Å². The summed E-state index contributed by atoms with van der Waals surface area (Å²) < 4.78 is 16.6. The maximum atomic E-state index is 5.74. The number of nitrogens with one attached hydrogen (secondary N) is 1. The Hall–Kier alpha value is -1.06. The van der Waals surface area contributed by atoms with Crippen LogP contribution in [0.5, 0.6) is 5.75 Å². The Balaban J connectivity index is 0.00000392. The maximum absolute atomic E-state index is 5.74. The monoisotopic (exact) mass is 505 g/mol. The molecule has 0 radical (unpaired) electrons. The molecule has 6 nitrogen and oxygen atoms in total. The Morgan fingerprint density at radius 3 is 2.57 bits per heavy atom. The van der Waals surface area contributed by atoms with Crippen molar-refractivity contribution in [2.24, 2.45) is 10.9 Å². The first-order chi connectivity index (χ1) is 13.2. The van der Waals surface area contributed by atoms with Crippen LogP contribution >= 0.6 is 24.0 Å². The highest BCUT2D eigenvalue weighted by Crippen LogP contribution is 2.28. The molecule has 0 aliphatic heterocycles. The summed E-state index contributed by atoms with van der Waals surface area (Å²) in [5, 5.41) is 3.34. The molecule has 0 atom stereocenters. The first-order valence-corrected chi connectivity index (χ1v) is 10.0. The number of methoxy groups -OCH3 is 1. The van der Waals surface area contributed by atoms with Gasteiger partial charge in [0.1, 0.15) is 5.75 Å². The molecule has 1 saturated carbocycles. The third-order valence-corrected chi connectivity index (χ3v) is 4.45. The summed E-state index contributed by atoms with van der Waals surface area (Å²) >= 11 is 0. The molecule has 0 amide bonds. The summed E-state index contributed by atoms with van der Waals surface area (Å²) in [5.74, 6) is 2.61. The summed E-state index contributed by atoms with van der Waals surface area (Å²) in [6, 6.07) is 7.97. The molecule has 160 valence electrons. The molecule has 0 saturated heterocycles. The fraction of sp³-hybridized carbons (Fsp3) is 0.667. The van der Waals surface area contributed by atoms with Crippen molar-refractivity contribution in [1.82, 2.24) is 10.2 Å². The molecule has 1 N–H and O–H groups in total. The SMILES string of the molecule is CCNC(=NCCCOCc1ccc(OC)cc1)N(C)CCOCC1CC1.I. The van der Waals surface area contributed by atoms with Gasteiger partial charge in [-0.1, -0.05) is 12.1 Å². The van der Waals surface area contributed by atoms with E-state index in [-0.39, 0.29) is 24.0 Å². The second kappa shape index (κ2) is 14.9. The topological polar surface area (TPSA) is 55.3 Å². The summed E-state index contributed by atoms with van der Waals surface area (Å²) in [6.07, 6.45) is 3.57. The minimum absolute atomic E-state index is 0. The second-order valence-electron chi connectivity index (χ2n) is 6.93. The highest BCUT2D eigenvalue weighted by Gasteiger charge is 2.21. The lowest BCUT2D eigenvalue weighted by molar-refractivity contribution is 0.114. The van der Waals surface area contributed by atoms with E-state index in [0.29, 0.717) is 13.2 Å². The Morgan fingerprint density at radius 2 is 1.93 bits per heavy atom. The molecule has 1 fully saturated rings. The van der Waals surface area contributed by atoms with Crippen molar-refractivity contribution in [3.8, 4) is 5.75 Å². The van der Waals surface area contributed by atoms with Gasteiger partial charge in [-0.05, 0) is 49.8 Å². The van der Waals surface area contributed by atoms with Crippen LogP contribution in [0.1, 0.15) is 31.7 Å². The van der Waals surface area contributed by atoms with Crippen LogP contribution in [0.2, 0.25) is 0 Å². The van der Waals surface area contributed by atoms with E-state index in [4.69, 9.17) is 14.2 Å². The quantitative estimate of drug-likeness (QED) is 0.192.